The summed E-state index contributed by atoms with van der Waals surface area (Å²) in [6.07, 6.45) is 1.90. The first-order valence-corrected chi connectivity index (χ1v) is 6.75. The molecule has 4 heteroatoms. The van der Waals surface area contributed by atoms with Gasteiger partial charge in [-0.2, -0.15) is 4.98 Å². The molecule has 3 rings (SSSR count). The second-order valence-electron chi connectivity index (χ2n) is 4.73. The van der Waals surface area contributed by atoms with E-state index in [2.05, 4.69) is 34.4 Å². The van der Waals surface area contributed by atoms with Crippen LogP contribution in [0.15, 0.2) is 34.9 Å². The SMILES string of the molecule is CCC(Cl)c1noc(C2CC2c2ccccc2)n1. The van der Waals surface area contributed by atoms with Gasteiger partial charge in [-0.1, -0.05) is 42.4 Å². The van der Waals surface area contributed by atoms with Crippen molar-refractivity contribution in [1.29, 1.82) is 0 Å². The molecule has 1 aliphatic rings. The lowest BCUT2D eigenvalue weighted by atomic mass is 10.1. The monoisotopic (exact) mass is 262 g/mol. The van der Waals surface area contributed by atoms with E-state index in [1.54, 1.807) is 0 Å². The Morgan fingerprint density at radius 1 is 1.33 bits per heavy atom. The van der Waals surface area contributed by atoms with Crippen molar-refractivity contribution in [2.75, 3.05) is 0 Å². The molecule has 0 spiro atoms. The first-order valence-electron chi connectivity index (χ1n) is 6.32. The molecule has 1 heterocycles. The van der Waals surface area contributed by atoms with Gasteiger partial charge < -0.3 is 4.52 Å². The second kappa shape index (κ2) is 4.73. The molecule has 3 nitrogen and oxygen atoms in total. The van der Waals surface area contributed by atoms with Crippen molar-refractivity contribution in [3.8, 4) is 0 Å². The summed E-state index contributed by atoms with van der Waals surface area (Å²) in [5, 5.41) is 3.82. The first kappa shape index (κ1) is 11.7. The summed E-state index contributed by atoms with van der Waals surface area (Å²) in [6.45, 7) is 2.01. The molecule has 0 amide bonds. The van der Waals surface area contributed by atoms with E-state index < -0.39 is 0 Å². The zero-order chi connectivity index (χ0) is 12.5. The third-order valence-corrected chi connectivity index (χ3v) is 3.94. The van der Waals surface area contributed by atoms with Crippen molar-refractivity contribution >= 4 is 11.6 Å². The molecular formula is C14H15ClN2O. The van der Waals surface area contributed by atoms with E-state index in [9.17, 15) is 0 Å². The van der Waals surface area contributed by atoms with E-state index in [1.165, 1.54) is 5.56 Å². The Morgan fingerprint density at radius 2 is 2.11 bits per heavy atom. The summed E-state index contributed by atoms with van der Waals surface area (Å²) >= 11 is 6.10. The molecule has 2 aromatic rings. The zero-order valence-corrected chi connectivity index (χ0v) is 11.0. The number of rotatable bonds is 4. The minimum Gasteiger partial charge on any atom is -0.339 e. The average molecular weight is 263 g/mol. The van der Waals surface area contributed by atoms with E-state index in [0.717, 1.165) is 18.7 Å². The van der Waals surface area contributed by atoms with Gasteiger partial charge in [-0.05, 0) is 24.3 Å². The summed E-state index contributed by atoms with van der Waals surface area (Å²) in [7, 11) is 0. The molecular weight excluding hydrogens is 248 g/mol. The van der Waals surface area contributed by atoms with Crippen LogP contribution in [0, 0.1) is 0 Å². The van der Waals surface area contributed by atoms with Crippen LogP contribution in [0.5, 0.6) is 0 Å². The van der Waals surface area contributed by atoms with Gasteiger partial charge in [0.15, 0.2) is 5.82 Å². The quantitative estimate of drug-likeness (QED) is 0.781. The Kier molecular flexibility index (Phi) is 3.08. The summed E-state index contributed by atoms with van der Waals surface area (Å²) in [4.78, 5) is 4.41. The van der Waals surface area contributed by atoms with Gasteiger partial charge in [0, 0.05) is 5.92 Å². The maximum atomic E-state index is 6.10. The van der Waals surface area contributed by atoms with Gasteiger partial charge >= 0.3 is 0 Å². The lowest BCUT2D eigenvalue weighted by molar-refractivity contribution is 0.372. The molecule has 0 N–H and O–H groups in total. The van der Waals surface area contributed by atoms with Crippen molar-refractivity contribution in [2.45, 2.75) is 37.0 Å². The molecule has 0 bridgehead atoms. The lowest BCUT2D eigenvalue weighted by Gasteiger charge is -1.97. The molecule has 3 unspecified atom stereocenters. The maximum Gasteiger partial charge on any atom is 0.230 e. The van der Waals surface area contributed by atoms with E-state index >= 15 is 0 Å². The number of hydrogen-bond acceptors (Lipinski definition) is 3. The Hall–Kier alpha value is -1.35. The van der Waals surface area contributed by atoms with Crippen LogP contribution in [-0.4, -0.2) is 10.1 Å². The first-order chi connectivity index (χ1) is 8.79. The van der Waals surface area contributed by atoms with Crippen LogP contribution >= 0.6 is 11.6 Å². The van der Waals surface area contributed by atoms with Gasteiger partial charge in [0.25, 0.3) is 0 Å². The predicted molar refractivity (Wildman–Crippen MR) is 69.7 cm³/mol. The van der Waals surface area contributed by atoms with Crippen molar-refractivity contribution in [3.63, 3.8) is 0 Å². The lowest BCUT2D eigenvalue weighted by Crippen LogP contribution is -1.91. The minimum atomic E-state index is -0.142. The fraction of sp³-hybridized carbons (Fsp3) is 0.429. The summed E-state index contributed by atoms with van der Waals surface area (Å²) in [5.74, 6) is 2.25. The molecule has 0 aliphatic heterocycles. The van der Waals surface area contributed by atoms with Gasteiger partial charge in [-0.15, -0.1) is 11.6 Å². The molecule has 0 radical (unpaired) electrons. The van der Waals surface area contributed by atoms with Gasteiger partial charge in [0.1, 0.15) is 0 Å². The Bertz CT molecular complexity index is 526. The number of alkyl halides is 1. The van der Waals surface area contributed by atoms with Crippen molar-refractivity contribution in [2.24, 2.45) is 0 Å². The number of nitrogens with zero attached hydrogens (tertiary/aromatic N) is 2. The van der Waals surface area contributed by atoms with E-state index in [1.807, 2.05) is 13.0 Å². The third kappa shape index (κ3) is 2.15. The molecule has 18 heavy (non-hydrogen) atoms. The van der Waals surface area contributed by atoms with Crippen LogP contribution in [0.4, 0.5) is 0 Å². The molecule has 1 saturated carbocycles. The Balaban J connectivity index is 1.73. The maximum absolute atomic E-state index is 6.10. The van der Waals surface area contributed by atoms with Gasteiger partial charge in [0.2, 0.25) is 5.89 Å². The van der Waals surface area contributed by atoms with Crippen LogP contribution in [0.1, 0.15) is 54.3 Å². The fourth-order valence-electron chi connectivity index (χ4n) is 2.24. The third-order valence-electron chi connectivity index (χ3n) is 3.43. The minimum absolute atomic E-state index is 0.142. The van der Waals surface area contributed by atoms with Crippen molar-refractivity contribution in [1.82, 2.24) is 10.1 Å². The fourth-order valence-corrected chi connectivity index (χ4v) is 2.33. The van der Waals surface area contributed by atoms with Crippen LogP contribution in [0.3, 0.4) is 0 Å². The van der Waals surface area contributed by atoms with Gasteiger partial charge in [-0.25, -0.2) is 0 Å². The Labute approximate surface area is 111 Å². The molecule has 94 valence electrons. The van der Waals surface area contributed by atoms with E-state index in [0.29, 0.717) is 17.7 Å². The highest BCUT2D eigenvalue weighted by Crippen LogP contribution is 2.54. The highest BCUT2D eigenvalue weighted by atomic mass is 35.5. The zero-order valence-electron chi connectivity index (χ0n) is 10.2. The van der Waals surface area contributed by atoms with Crippen LogP contribution in [0.25, 0.3) is 0 Å². The molecule has 3 atom stereocenters. The summed E-state index contributed by atoms with van der Waals surface area (Å²) in [5.41, 5.74) is 1.35. The normalized spacial score (nSPS) is 23.9. The van der Waals surface area contributed by atoms with Crippen molar-refractivity contribution in [3.05, 3.63) is 47.6 Å². The highest BCUT2D eigenvalue weighted by molar-refractivity contribution is 6.20. The molecule has 1 aromatic carbocycles. The summed E-state index contributed by atoms with van der Waals surface area (Å²) < 4.78 is 5.32. The van der Waals surface area contributed by atoms with E-state index in [4.69, 9.17) is 16.1 Å². The number of aromatic nitrogens is 2. The van der Waals surface area contributed by atoms with Gasteiger partial charge in [-0.3, -0.25) is 0 Å². The number of halogens is 1. The van der Waals surface area contributed by atoms with Crippen molar-refractivity contribution < 1.29 is 4.52 Å². The Morgan fingerprint density at radius 3 is 2.83 bits per heavy atom. The molecule has 1 fully saturated rings. The smallest absolute Gasteiger partial charge is 0.230 e. The average Bonchev–Trinajstić information content (AvgIpc) is 3.08. The highest BCUT2D eigenvalue weighted by Gasteiger charge is 2.43. The standard InChI is InChI=1S/C14H15ClN2O/c1-2-12(15)13-16-14(18-17-13)11-8-10(11)9-6-4-3-5-7-9/h3-7,10-12H,2,8H2,1H3. The van der Waals surface area contributed by atoms with Crippen LogP contribution in [0.2, 0.25) is 0 Å². The number of benzene rings is 1. The summed E-state index contributed by atoms with van der Waals surface area (Å²) in [6, 6.07) is 10.5. The van der Waals surface area contributed by atoms with Gasteiger partial charge in [0.05, 0.1) is 5.38 Å². The molecule has 1 aromatic heterocycles. The second-order valence-corrected chi connectivity index (χ2v) is 5.25. The topological polar surface area (TPSA) is 38.9 Å². The molecule has 0 saturated heterocycles. The van der Waals surface area contributed by atoms with E-state index in [-0.39, 0.29) is 5.38 Å². The van der Waals surface area contributed by atoms with Crippen LogP contribution < -0.4 is 0 Å². The molecule has 1 aliphatic carbocycles. The van der Waals surface area contributed by atoms with Crippen LogP contribution in [-0.2, 0) is 0 Å². The number of hydrogen-bond donors (Lipinski definition) is 0. The predicted octanol–water partition coefficient (Wildman–Crippen LogP) is 4.03. The largest absolute Gasteiger partial charge is 0.339 e.